The molecule has 0 radical (unpaired) electrons. The zero-order valence-electron chi connectivity index (χ0n) is 12.5. The average molecular weight is 286 g/mol. The van der Waals surface area contributed by atoms with E-state index in [0.29, 0.717) is 18.9 Å². The Morgan fingerprint density at radius 2 is 2.10 bits per heavy atom. The minimum atomic E-state index is -0.877. The molecule has 5 heteroatoms. The van der Waals surface area contributed by atoms with E-state index in [9.17, 15) is 4.79 Å². The fourth-order valence-corrected chi connectivity index (χ4v) is 2.22. The Kier molecular flexibility index (Phi) is 4.75. The van der Waals surface area contributed by atoms with Crippen LogP contribution in [0.5, 0.6) is 0 Å². The largest absolute Gasteiger partial charge is 0.318 e. The minimum Gasteiger partial charge on any atom is -0.318 e. The van der Waals surface area contributed by atoms with Gasteiger partial charge in [0.05, 0.1) is 12.1 Å². The number of carbonyl (C=O) groups excluding carboxylic acids is 1. The number of hydrogen-bond donors (Lipinski definition) is 2. The number of hydrogen-bond acceptors (Lipinski definition) is 3. The van der Waals surface area contributed by atoms with Crippen molar-refractivity contribution in [3.8, 4) is 0 Å². The topological polar surface area (TPSA) is 72.9 Å². The predicted octanol–water partition coefficient (Wildman–Crippen LogP) is 2.39. The van der Waals surface area contributed by atoms with Crippen LogP contribution in [0.4, 0.5) is 5.95 Å². The molecule has 0 aliphatic rings. The zero-order valence-corrected chi connectivity index (χ0v) is 12.5. The van der Waals surface area contributed by atoms with Gasteiger partial charge in [0.25, 0.3) is 0 Å². The van der Waals surface area contributed by atoms with Gasteiger partial charge in [0.15, 0.2) is 0 Å². The fourth-order valence-electron chi connectivity index (χ4n) is 2.22. The Labute approximate surface area is 125 Å². The summed E-state index contributed by atoms with van der Waals surface area (Å²) in [4.78, 5) is 16.4. The predicted molar refractivity (Wildman–Crippen MR) is 83.9 cm³/mol. The van der Waals surface area contributed by atoms with Crippen LogP contribution in [0.25, 0.3) is 0 Å². The van der Waals surface area contributed by atoms with Crippen LogP contribution in [-0.4, -0.2) is 21.0 Å². The Morgan fingerprint density at radius 3 is 2.76 bits per heavy atom. The van der Waals surface area contributed by atoms with E-state index in [-0.39, 0.29) is 5.91 Å². The summed E-state index contributed by atoms with van der Waals surface area (Å²) in [5, 5.41) is 2.82. The van der Waals surface area contributed by atoms with E-state index >= 15 is 0 Å². The van der Waals surface area contributed by atoms with Gasteiger partial charge in [0.1, 0.15) is 0 Å². The van der Waals surface area contributed by atoms with Gasteiger partial charge in [-0.2, -0.15) is 0 Å². The van der Waals surface area contributed by atoms with Gasteiger partial charge in [0.2, 0.25) is 11.9 Å². The lowest BCUT2D eigenvalue weighted by atomic mass is 9.97. The summed E-state index contributed by atoms with van der Waals surface area (Å²) in [6.45, 7) is 4.41. The number of benzene rings is 1. The molecule has 0 spiro atoms. The summed E-state index contributed by atoms with van der Waals surface area (Å²) in [7, 11) is 0. The van der Waals surface area contributed by atoms with Crippen molar-refractivity contribution in [2.45, 2.75) is 38.8 Å². The van der Waals surface area contributed by atoms with Gasteiger partial charge in [-0.1, -0.05) is 43.7 Å². The van der Waals surface area contributed by atoms with Crippen LogP contribution < -0.4 is 11.1 Å². The number of anilines is 1. The molecule has 1 amide bonds. The van der Waals surface area contributed by atoms with Gasteiger partial charge >= 0.3 is 0 Å². The van der Waals surface area contributed by atoms with Gasteiger partial charge in [-0.3, -0.25) is 10.1 Å². The normalized spacial score (nSPS) is 13.7. The van der Waals surface area contributed by atoms with E-state index in [1.165, 1.54) is 0 Å². The summed E-state index contributed by atoms with van der Waals surface area (Å²) < 4.78 is 1.90. The highest BCUT2D eigenvalue weighted by Crippen LogP contribution is 2.14. The van der Waals surface area contributed by atoms with E-state index in [0.717, 1.165) is 12.0 Å². The standard InChI is InChI=1S/C16H22N4O/c1-3-9-16(2,17)14(21)19-15-18-10-11-20(15)12-13-7-5-4-6-8-13/h4-8,10-11H,3,9,12,17H2,1-2H3,(H,18,19,21). The molecule has 3 N–H and O–H groups in total. The highest BCUT2D eigenvalue weighted by atomic mass is 16.2. The molecule has 0 fully saturated rings. The molecular weight excluding hydrogens is 264 g/mol. The Morgan fingerprint density at radius 1 is 1.38 bits per heavy atom. The summed E-state index contributed by atoms with van der Waals surface area (Å²) in [5.74, 6) is 0.321. The van der Waals surface area contributed by atoms with Gasteiger partial charge in [-0.25, -0.2) is 4.98 Å². The maximum atomic E-state index is 12.2. The number of nitrogens with zero attached hydrogens (tertiary/aromatic N) is 2. The Balaban J connectivity index is 2.09. The number of amides is 1. The third kappa shape index (κ3) is 3.92. The number of nitrogens with one attached hydrogen (secondary N) is 1. The van der Waals surface area contributed by atoms with Gasteiger partial charge in [-0.15, -0.1) is 0 Å². The minimum absolute atomic E-state index is 0.204. The molecule has 0 bridgehead atoms. The molecule has 1 unspecified atom stereocenters. The quantitative estimate of drug-likeness (QED) is 0.856. The monoisotopic (exact) mass is 286 g/mol. The highest BCUT2D eigenvalue weighted by molar-refractivity contribution is 5.96. The number of imidazole rings is 1. The van der Waals surface area contributed by atoms with E-state index in [1.54, 1.807) is 13.1 Å². The molecule has 0 aliphatic carbocycles. The van der Waals surface area contributed by atoms with Crippen molar-refractivity contribution in [1.29, 1.82) is 0 Å². The molecule has 0 saturated heterocycles. The second kappa shape index (κ2) is 6.54. The molecular formula is C16H22N4O. The van der Waals surface area contributed by atoms with E-state index in [1.807, 2.05) is 48.0 Å². The highest BCUT2D eigenvalue weighted by Gasteiger charge is 2.28. The molecule has 2 aromatic rings. The molecule has 21 heavy (non-hydrogen) atoms. The lowest BCUT2D eigenvalue weighted by molar-refractivity contribution is -0.120. The van der Waals surface area contributed by atoms with E-state index in [2.05, 4.69) is 10.3 Å². The Hall–Kier alpha value is -2.14. The SMILES string of the molecule is CCCC(C)(N)C(=O)Nc1nccn1Cc1ccccc1. The van der Waals surface area contributed by atoms with Gasteiger partial charge < -0.3 is 10.3 Å². The molecule has 1 atom stereocenters. The van der Waals surface area contributed by atoms with Crippen LogP contribution in [-0.2, 0) is 11.3 Å². The van der Waals surface area contributed by atoms with Crippen LogP contribution in [0.1, 0.15) is 32.3 Å². The Bertz CT molecular complexity index is 589. The third-order valence-corrected chi connectivity index (χ3v) is 3.42. The maximum Gasteiger partial charge on any atom is 0.246 e. The molecule has 112 valence electrons. The molecule has 0 saturated carbocycles. The van der Waals surface area contributed by atoms with Crippen molar-refractivity contribution in [1.82, 2.24) is 9.55 Å². The third-order valence-electron chi connectivity index (χ3n) is 3.42. The van der Waals surface area contributed by atoms with Crippen LogP contribution in [0, 0.1) is 0 Å². The lowest BCUT2D eigenvalue weighted by Gasteiger charge is -2.22. The molecule has 0 aliphatic heterocycles. The van der Waals surface area contributed by atoms with Gasteiger partial charge in [-0.05, 0) is 18.9 Å². The first-order valence-corrected chi connectivity index (χ1v) is 7.18. The van der Waals surface area contributed by atoms with Crippen molar-refractivity contribution in [2.75, 3.05) is 5.32 Å². The molecule has 5 nitrogen and oxygen atoms in total. The fraction of sp³-hybridized carbons (Fsp3) is 0.375. The second-order valence-corrected chi connectivity index (χ2v) is 5.49. The number of carbonyl (C=O) groups is 1. The first-order valence-electron chi connectivity index (χ1n) is 7.18. The first kappa shape index (κ1) is 15.3. The lowest BCUT2D eigenvalue weighted by Crippen LogP contribution is -2.48. The van der Waals surface area contributed by atoms with Gasteiger partial charge in [0, 0.05) is 12.4 Å². The second-order valence-electron chi connectivity index (χ2n) is 5.49. The van der Waals surface area contributed by atoms with Crippen LogP contribution >= 0.6 is 0 Å². The van der Waals surface area contributed by atoms with Crippen LogP contribution in [0.3, 0.4) is 0 Å². The molecule has 1 heterocycles. The van der Waals surface area contributed by atoms with E-state index in [4.69, 9.17) is 5.73 Å². The summed E-state index contributed by atoms with van der Waals surface area (Å²) in [6.07, 6.45) is 5.01. The smallest absolute Gasteiger partial charge is 0.246 e. The van der Waals surface area contributed by atoms with Crippen molar-refractivity contribution in [2.24, 2.45) is 5.73 Å². The van der Waals surface area contributed by atoms with Crippen LogP contribution in [0.15, 0.2) is 42.7 Å². The molecule has 2 rings (SSSR count). The molecule has 1 aromatic heterocycles. The molecule has 1 aromatic carbocycles. The summed E-state index contributed by atoms with van der Waals surface area (Å²) >= 11 is 0. The van der Waals surface area contributed by atoms with Crippen LogP contribution in [0.2, 0.25) is 0 Å². The number of nitrogens with two attached hydrogens (primary N) is 1. The zero-order chi connectivity index (χ0) is 15.3. The summed E-state index contributed by atoms with van der Waals surface area (Å²) in [6, 6.07) is 10.0. The number of rotatable bonds is 6. The van der Waals surface area contributed by atoms with Crippen molar-refractivity contribution < 1.29 is 4.79 Å². The number of aromatic nitrogens is 2. The average Bonchev–Trinajstić information content (AvgIpc) is 2.87. The van der Waals surface area contributed by atoms with E-state index < -0.39 is 5.54 Å². The van der Waals surface area contributed by atoms with Crippen molar-refractivity contribution in [3.05, 3.63) is 48.3 Å². The van der Waals surface area contributed by atoms with Crippen molar-refractivity contribution in [3.63, 3.8) is 0 Å². The maximum absolute atomic E-state index is 12.2. The first-order chi connectivity index (χ1) is 10.0. The van der Waals surface area contributed by atoms with Crippen molar-refractivity contribution >= 4 is 11.9 Å². The summed E-state index contributed by atoms with van der Waals surface area (Å²) in [5.41, 5.74) is 6.31.